The van der Waals surface area contributed by atoms with Crippen molar-refractivity contribution >= 4 is 11.9 Å². The van der Waals surface area contributed by atoms with E-state index in [0.717, 1.165) is 6.54 Å². The molecule has 0 amide bonds. The second kappa shape index (κ2) is 8.87. The number of hydrogen-bond donors (Lipinski definition) is 3. The fourth-order valence-corrected chi connectivity index (χ4v) is 1.96. The molecule has 0 unspecified atom stereocenters. The van der Waals surface area contributed by atoms with Gasteiger partial charge in [-0.2, -0.15) is 0 Å². The molecule has 1 fully saturated rings. The first-order chi connectivity index (χ1) is 8.78. The minimum absolute atomic E-state index is 0.296. The van der Waals surface area contributed by atoms with Crippen LogP contribution in [0, 0.1) is 5.41 Å². The number of hydrogen-bond acceptors (Lipinski definition) is 4. The van der Waals surface area contributed by atoms with Crippen LogP contribution in [0.25, 0.3) is 0 Å². The van der Waals surface area contributed by atoms with E-state index in [1.165, 1.54) is 45.3 Å². The summed E-state index contributed by atoms with van der Waals surface area (Å²) < 4.78 is 0. The van der Waals surface area contributed by atoms with Crippen molar-refractivity contribution in [2.24, 2.45) is 11.1 Å². The Morgan fingerprint density at radius 2 is 1.47 bits per heavy atom. The number of carboxylic acid groups (broad SMARTS) is 2. The first kappa shape index (κ1) is 17.9. The van der Waals surface area contributed by atoms with Gasteiger partial charge in [-0.1, -0.05) is 26.7 Å². The molecule has 4 N–H and O–H groups in total. The third kappa shape index (κ3) is 9.44. The van der Waals surface area contributed by atoms with Crippen LogP contribution >= 0.6 is 0 Å². The summed E-state index contributed by atoms with van der Waals surface area (Å²) in [7, 11) is 0. The fourth-order valence-electron chi connectivity index (χ4n) is 1.96. The minimum Gasteiger partial charge on any atom is -0.473 e. The molecule has 19 heavy (non-hydrogen) atoms. The molecule has 0 aromatic heterocycles. The molecule has 1 aliphatic rings. The average molecular weight is 274 g/mol. The highest BCUT2D eigenvalue weighted by molar-refractivity contribution is 6.27. The Morgan fingerprint density at radius 1 is 1.05 bits per heavy atom. The van der Waals surface area contributed by atoms with E-state index >= 15 is 0 Å². The van der Waals surface area contributed by atoms with E-state index in [2.05, 4.69) is 18.7 Å². The number of nitrogens with zero attached hydrogens (tertiary/aromatic N) is 1. The quantitative estimate of drug-likeness (QED) is 0.663. The number of aliphatic carboxylic acids is 2. The van der Waals surface area contributed by atoms with E-state index in [1.807, 2.05) is 0 Å². The van der Waals surface area contributed by atoms with Gasteiger partial charge in [0.15, 0.2) is 0 Å². The predicted molar refractivity (Wildman–Crippen MR) is 73.0 cm³/mol. The van der Waals surface area contributed by atoms with Crippen LogP contribution < -0.4 is 5.73 Å². The topological polar surface area (TPSA) is 104 Å². The van der Waals surface area contributed by atoms with Crippen molar-refractivity contribution < 1.29 is 19.8 Å². The molecule has 6 nitrogen and oxygen atoms in total. The largest absolute Gasteiger partial charge is 0.473 e. The van der Waals surface area contributed by atoms with E-state index in [-0.39, 0.29) is 0 Å². The zero-order valence-corrected chi connectivity index (χ0v) is 11.9. The van der Waals surface area contributed by atoms with E-state index in [4.69, 9.17) is 25.5 Å². The molecule has 0 atom stereocenters. The molecular formula is C13H26N2O4. The Labute approximate surface area is 114 Å². The van der Waals surface area contributed by atoms with Crippen molar-refractivity contribution in [3.8, 4) is 0 Å². The van der Waals surface area contributed by atoms with Crippen LogP contribution in [0.5, 0.6) is 0 Å². The van der Waals surface area contributed by atoms with Gasteiger partial charge in [-0.3, -0.25) is 0 Å². The van der Waals surface area contributed by atoms with Crippen LogP contribution in [0.2, 0.25) is 0 Å². The van der Waals surface area contributed by atoms with Gasteiger partial charge in [0.05, 0.1) is 0 Å². The summed E-state index contributed by atoms with van der Waals surface area (Å²) in [4.78, 5) is 20.8. The molecule has 112 valence electrons. The summed E-state index contributed by atoms with van der Waals surface area (Å²) in [6, 6.07) is 0. The average Bonchev–Trinajstić information content (AvgIpc) is 2.58. The molecule has 1 heterocycles. The standard InChI is InChI=1S/C11H24N2.C2H2O4/c1-11(2,9-12)10-13-7-5-3-4-6-8-13;3-1(4)2(5)6/h3-10,12H2,1-2H3;(H,3,4)(H,5,6). The molecule has 6 heteroatoms. The van der Waals surface area contributed by atoms with Gasteiger partial charge >= 0.3 is 11.9 Å². The lowest BCUT2D eigenvalue weighted by Gasteiger charge is -2.30. The normalized spacial score (nSPS) is 17.0. The van der Waals surface area contributed by atoms with Crippen LogP contribution in [-0.2, 0) is 9.59 Å². The maximum Gasteiger partial charge on any atom is 0.414 e. The zero-order valence-electron chi connectivity index (χ0n) is 11.9. The van der Waals surface area contributed by atoms with Gasteiger partial charge in [0.2, 0.25) is 0 Å². The number of nitrogens with two attached hydrogens (primary N) is 1. The van der Waals surface area contributed by atoms with E-state index in [9.17, 15) is 0 Å². The highest BCUT2D eigenvalue weighted by Crippen LogP contribution is 2.18. The van der Waals surface area contributed by atoms with Crippen LogP contribution in [0.1, 0.15) is 39.5 Å². The number of likely N-dealkylation sites (tertiary alicyclic amines) is 1. The van der Waals surface area contributed by atoms with Gasteiger partial charge in [0.25, 0.3) is 0 Å². The van der Waals surface area contributed by atoms with E-state index in [0.29, 0.717) is 5.41 Å². The number of rotatable bonds is 3. The van der Waals surface area contributed by atoms with Crippen molar-refractivity contribution in [2.75, 3.05) is 26.2 Å². The molecular weight excluding hydrogens is 248 g/mol. The third-order valence-electron chi connectivity index (χ3n) is 3.09. The minimum atomic E-state index is -1.82. The Morgan fingerprint density at radius 3 is 1.79 bits per heavy atom. The van der Waals surface area contributed by atoms with Crippen LogP contribution in [0.15, 0.2) is 0 Å². The number of carbonyl (C=O) groups is 2. The second-order valence-electron chi connectivity index (χ2n) is 5.67. The molecule has 0 aromatic rings. The van der Waals surface area contributed by atoms with Gasteiger partial charge in [-0.05, 0) is 37.9 Å². The summed E-state index contributed by atoms with van der Waals surface area (Å²) in [5, 5.41) is 14.8. The van der Waals surface area contributed by atoms with Crippen LogP contribution in [-0.4, -0.2) is 53.2 Å². The monoisotopic (exact) mass is 274 g/mol. The fraction of sp³-hybridized carbons (Fsp3) is 0.846. The maximum absolute atomic E-state index is 9.10. The maximum atomic E-state index is 9.10. The summed E-state index contributed by atoms with van der Waals surface area (Å²) >= 11 is 0. The van der Waals surface area contributed by atoms with Crippen molar-refractivity contribution in [1.29, 1.82) is 0 Å². The lowest BCUT2D eigenvalue weighted by molar-refractivity contribution is -0.159. The summed E-state index contributed by atoms with van der Waals surface area (Å²) in [5.41, 5.74) is 6.03. The lowest BCUT2D eigenvalue weighted by Crippen LogP contribution is -2.39. The Balaban J connectivity index is 0.000000459. The molecule has 0 saturated carbocycles. The van der Waals surface area contributed by atoms with Crippen molar-refractivity contribution in [1.82, 2.24) is 4.90 Å². The predicted octanol–water partition coefficient (Wildman–Crippen LogP) is 1.00. The van der Waals surface area contributed by atoms with E-state index in [1.54, 1.807) is 0 Å². The molecule has 1 saturated heterocycles. The number of carboxylic acids is 2. The lowest BCUT2D eigenvalue weighted by atomic mass is 9.93. The molecule has 0 spiro atoms. The SMILES string of the molecule is CC(C)(CN)CN1CCCCCC1.O=C(O)C(=O)O. The van der Waals surface area contributed by atoms with Gasteiger partial charge in [-0.15, -0.1) is 0 Å². The van der Waals surface area contributed by atoms with Gasteiger partial charge in [-0.25, -0.2) is 9.59 Å². The Kier molecular flexibility index (Phi) is 8.34. The summed E-state index contributed by atoms with van der Waals surface area (Å²) in [5.74, 6) is -3.65. The third-order valence-corrected chi connectivity index (χ3v) is 3.09. The highest BCUT2D eigenvalue weighted by Gasteiger charge is 2.20. The van der Waals surface area contributed by atoms with Crippen LogP contribution in [0.3, 0.4) is 0 Å². The smallest absolute Gasteiger partial charge is 0.414 e. The van der Waals surface area contributed by atoms with E-state index < -0.39 is 11.9 Å². The molecule has 1 rings (SSSR count). The summed E-state index contributed by atoms with van der Waals surface area (Å²) in [6.45, 7) is 9.05. The zero-order chi connectivity index (χ0) is 14.9. The highest BCUT2D eigenvalue weighted by atomic mass is 16.4. The molecule has 0 aromatic carbocycles. The Bertz CT molecular complexity index is 272. The van der Waals surface area contributed by atoms with Gasteiger partial charge < -0.3 is 20.8 Å². The molecule has 0 bridgehead atoms. The first-order valence-electron chi connectivity index (χ1n) is 6.67. The van der Waals surface area contributed by atoms with Crippen molar-refractivity contribution in [2.45, 2.75) is 39.5 Å². The molecule has 1 aliphatic heterocycles. The Hall–Kier alpha value is -1.14. The molecule has 0 aliphatic carbocycles. The van der Waals surface area contributed by atoms with Gasteiger partial charge in [0, 0.05) is 6.54 Å². The summed E-state index contributed by atoms with van der Waals surface area (Å²) in [6.07, 6.45) is 5.58. The second-order valence-corrected chi connectivity index (χ2v) is 5.67. The van der Waals surface area contributed by atoms with Crippen molar-refractivity contribution in [3.05, 3.63) is 0 Å². The molecule has 0 radical (unpaired) electrons. The van der Waals surface area contributed by atoms with Crippen LogP contribution in [0.4, 0.5) is 0 Å². The van der Waals surface area contributed by atoms with Crippen molar-refractivity contribution in [3.63, 3.8) is 0 Å². The first-order valence-corrected chi connectivity index (χ1v) is 6.67. The van der Waals surface area contributed by atoms with Gasteiger partial charge in [0.1, 0.15) is 0 Å².